The minimum atomic E-state index is -0.0330. The summed E-state index contributed by atoms with van der Waals surface area (Å²) in [5.74, 6) is 0.941. The van der Waals surface area contributed by atoms with Gasteiger partial charge in [-0.25, -0.2) is 4.68 Å². The zero-order valence-electron chi connectivity index (χ0n) is 12.8. The van der Waals surface area contributed by atoms with Gasteiger partial charge in [-0.15, -0.1) is 0 Å². The van der Waals surface area contributed by atoms with Crippen LogP contribution in [0.5, 0.6) is 0 Å². The van der Waals surface area contributed by atoms with Crippen LogP contribution in [0.1, 0.15) is 44.2 Å². The van der Waals surface area contributed by atoms with Crippen LogP contribution in [-0.4, -0.2) is 9.78 Å². The van der Waals surface area contributed by atoms with Crippen molar-refractivity contribution in [2.24, 2.45) is 0 Å². The second-order valence-corrected chi connectivity index (χ2v) is 5.83. The summed E-state index contributed by atoms with van der Waals surface area (Å²) in [5.41, 5.74) is 3.84. The van der Waals surface area contributed by atoms with Crippen molar-refractivity contribution in [1.82, 2.24) is 9.78 Å². The Bertz CT molecular complexity index is 659. The van der Waals surface area contributed by atoms with Crippen LogP contribution in [0.3, 0.4) is 0 Å². The maximum absolute atomic E-state index is 12.2. The monoisotopic (exact) mass is 302 g/mol. The molecule has 0 aliphatic rings. The van der Waals surface area contributed by atoms with Crippen molar-refractivity contribution < 1.29 is 0 Å². The first kappa shape index (κ1) is 15.8. The van der Waals surface area contributed by atoms with E-state index in [2.05, 4.69) is 55.8 Å². The van der Waals surface area contributed by atoms with Gasteiger partial charge >= 0.3 is 0 Å². The third-order valence-corrected chi connectivity index (χ3v) is 3.87. The molecule has 0 saturated carbocycles. The van der Waals surface area contributed by atoms with Crippen molar-refractivity contribution >= 4 is 12.6 Å². The molecule has 0 aliphatic carbocycles. The quantitative estimate of drug-likeness (QED) is 0.851. The van der Waals surface area contributed by atoms with Gasteiger partial charge in [0.25, 0.3) is 5.56 Å². The van der Waals surface area contributed by atoms with E-state index in [9.17, 15) is 4.79 Å². The molecule has 0 unspecified atom stereocenters. The van der Waals surface area contributed by atoms with Crippen LogP contribution in [0, 0.1) is 0 Å². The molecule has 0 N–H and O–H groups in total. The molecule has 0 aliphatic heterocycles. The fraction of sp³-hybridized carbons (Fsp3) is 0.412. The van der Waals surface area contributed by atoms with E-state index in [1.54, 1.807) is 4.68 Å². The Hall–Kier alpha value is -1.55. The Kier molecular flexibility index (Phi) is 5.23. The van der Waals surface area contributed by atoms with Crippen LogP contribution in [0.15, 0.2) is 35.1 Å². The van der Waals surface area contributed by atoms with E-state index in [0.717, 1.165) is 17.7 Å². The van der Waals surface area contributed by atoms with Gasteiger partial charge in [-0.1, -0.05) is 45.0 Å². The summed E-state index contributed by atoms with van der Waals surface area (Å²) in [5, 5.41) is 4.49. The van der Waals surface area contributed by atoms with Crippen molar-refractivity contribution in [2.45, 2.75) is 45.4 Å². The third kappa shape index (κ3) is 3.56. The maximum Gasteiger partial charge on any atom is 0.270 e. The van der Waals surface area contributed by atoms with E-state index in [4.69, 9.17) is 0 Å². The van der Waals surface area contributed by atoms with Crippen LogP contribution >= 0.6 is 12.6 Å². The van der Waals surface area contributed by atoms with Gasteiger partial charge in [0.1, 0.15) is 0 Å². The molecule has 1 aromatic carbocycles. The lowest BCUT2D eigenvalue weighted by molar-refractivity contribution is 0.567. The molecule has 0 amide bonds. The number of hydrogen-bond acceptors (Lipinski definition) is 3. The SMILES string of the molecule is CCCn1nc(-c2ccc(C(C)C)cc2)cc(CS)c1=O. The van der Waals surface area contributed by atoms with Gasteiger partial charge in [0.05, 0.1) is 5.69 Å². The highest BCUT2D eigenvalue weighted by Crippen LogP contribution is 2.21. The topological polar surface area (TPSA) is 34.9 Å². The maximum atomic E-state index is 12.2. The number of thiol groups is 1. The fourth-order valence-corrected chi connectivity index (χ4v) is 2.48. The molecule has 4 heteroatoms. The van der Waals surface area contributed by atoms with Crippen LogP contribution in [0.2, 0.25) is 0 Å². The fourth-order valence-electron chi connectivity index (χ4n) is 2.25. The molecule has 1 aromatic heterocycles. The van der Waals surface area contributed by atoms with Gasteiger partial charge < -0.3 is 0 Å². The highest BCUT2D eigenvalue weighted by atomic mass is 32.1. The Labute approximate surface area is 131 Å². The number of aryl methyl sites for hydroxylation is 1. The Morgan fingerprint density at radius 3 is 2.43 bits per heavy atom. The highest BCUT2D eigenvalue weighted by molar-refractivity contribution is 7.79. The van der Waals surface area contributed by atoms with Crippen molar-refractivity contribution in [3.05, 3.63) is 51.8 Å². The molecule has 0 saturated heterocycles. The molecule has 2 rings (SSSR count). The third-order valence-electron chi connectivity index (χ3n) is 3.53. The normalized spacial score (nSPS) is 11.1. The Balaban J connectivity index is 2.47. The molecule has 0 radical (unpaired) electrons. The summed E-state index contributed by atoms with van der Waals surface area (Å²) in [4.78, 5) is 12.2. The Morgan fingerprint density at radius 1 is 1.24 bits per heavy atom. The van der Waals surface area contributed by atoms with E-state index < -0.39 is 0 Å². The van der Waals surface area contributed by atoms with Gasteiger partial charge in [-0.05, 0) is 24.0 Å². The van der Waals surface area contributed by atoms with Crippen LogP contribution in [0.25, 0.3) is 11.3 Å². The van der Waals surface area contributed by atoms with E-state index in [-0.39, 0.29) is 5.56 Å². The molecular weight excluding hydrogens is 280 g/mol. The van der Waals surface area contributed by atoms with Gasteiger partial charge in [0.2, 0.25) is 0 Å². The summed E-state index contributed by atoms with van der Waals surface area (Å²) in [6.45, 7) is 7.03. The largest absolute Gasteiger partial charge is 0.270 e. The Morgan fingerprint density at radius 2 is 1.90 bits per heavy atom. The predicted octanol–water partition coefficient (Wildman–Crippen LogP) is 3.87. The molecule has 0 atom stereocenters. The second-order valence-electron chi connectivity index (χ2n) is 5.52. The molecule has 3 nitrogen and oxygen atoms in total. The zero-order valence-corrected chi connectivity index (χ0v) is 13.7. The lowest BCUT2D eigenvalue weighted by atomic mass is 10.0. The van der Waals surface area contributed by atoms with E-state index in [1.807, 2.05) is 13.0 Å². The zero-order chi connectivity index (χ0) is 15.4. The molecule has 2 aromatic rings. The molecule has 0 fully saturated rings. The predicted molar refractivity (Wildman–Crippen MR) is 91.0 cm³/mol. The molecule has 0 bridgehead atoms. The molecular formula is C17H22N2OS. The first-order valence-corrected chi connectivity index (χ1v) is 8.02. The standard InChI is InChI=1S/C17H22N2OS/c1-4-9-19-17(20)15(11-21)10-16(18-19)14-7-5-13(6-8-14)12(2)3/h5-8,10,12,21H,4,9,11H2,1-3H3. The van der Waals surface area contributed by atoms with E-state index in [0.29, 0.717) is 23.8 Å². The summed E-state index contributed by atoms with van der Waals surface area (Å²) in [6, 6.07) is 10.2. The number of rotatable bonds is 5. The number of nitrogens with zero attached hydrogens (tertiary/aromatic N) is 2. The lowest BCUT2D eigenvalue weighted by Gasteiger charge is -2.10. The van der Waals surface area contributed by atoms with Crippen molar-refractivity contribution in [3.63, 3.8) is 0 Å². The summed E-state index contributed by atoms with van der Waals surface area (Å²) >= 11 is 4.26. The van der Waals surface area contributed by atoms with Gasteiger partial charge in [-0.3, -0.25) is 4.79 Å². The first-order valence-electron chi connectivity index (χ1n) is 7.39. The number of aromatic nitrogens is 2. The lowest BCUT2D eigenvalue weighted by Crippen LogP contribution is -2.26. The molecule has 21 heavy (non-hydrogen) atoms. The van der Waals surface area contributed by atoms with Crippen LogP contribution in [0.4, 0.5) is 0 Å². The van der Waals surface area contributed by atoms with Gasteiger partial charge in [0, 0.05) is 23.4 Å². The van der Waals surface area contributed by atoms with E-state index >= 15 is 0 Å². The van der Waals surface area contributed by atoms with Gasteiger partial charge in [-0.2, -0.15) is 17.7 Å². The van der Waals surface area contributed by atoms with Gasteiger partial charge in [0.15, 0.2) is 0 Å². The van der Waals surface area contributed by atoms with Crippen LogP contribution < -0.4 is 5.56 Å². The molecule has 112 valence electrons. The molecule has 1 heterocycles. The molecule has 0 spiro atoms. The number of hydrogen-bond donors (Lipinski definition) is 1. The average Bonchev–Trinajstić information content (AvgIpc) is 2.49. The summed E-state index contributed by atoms with van der Waals surface area (Å²) in [7, 11) is 0. The van der Waals surface area contributed by atoms with Crippen molar-refractivity contribution in [2.75, 3.05) is 0 Å². The van der Waals surface area contributed by atoms with E-state index in [1.165, 1.54) is 5.56 Å². The van der Waals surface area contributed by atoms with Crippen molar-refractivity contribution in [1.29, 1.82) is 0 Å². The minimum Gasteiger partial charge on any atom is -0.267 e. The summed E-state index contributed by atoms with van der Waals surface area (Å²) < 4.78 is 1.55. The highest BCUT2D eigenvalue weighted by Gasteiger charge is 2.09. The van der Waals surface area contributed by atoms with Crippen LogP contribution in [-0.2, 0) is 12.3 Å². The second kappa shape index (κ2) is 6.94. The average molecular weight is 302 g/mol. The minimum absolute atomic E-state index is 0.0330. The smallest absolute Gasteiger partial charge is 0.267 e. The first-order chi connectivity index (χ1) is 10.1. The number of benzene rings is 1. The van der Waals surface area contributed by atoms with Crippen molar-refractivity contribution in [3.8, 4) is 11.3 Å². The summed E-state index contributed by atoms with van der Waals surface area (Å²) in [6.07, 6.45) is 0.884.